The monoisotopic (exact) mass is 607 g/mol. The molecule has 1 N–H and O–H groups in total. The normalized spacial score (nSPS) is 14.6. The van der Waals surface area contributed by atoms with E-state index in [4.69, 9.17) is 0 Å². The van der Waals surface area contributed by atoms with Crippen LogP contribution in [0.5, 0.6) is 0 Å². The van der Waals surface area contributed by atoms with Crippen LogP contribution in [0.15, 0.2) is 34.9 Å². The molecule has 212 valence electrons. The van der Waals surface area contributed by atoms with Crippen molar-refractivity contribution >= 4 is 33.4 Å². The number of carbonyl (C=O) groups excluding carboxylic acids is 2. The maximum Gasteiger partial charge on any atom is 0.302 e. The maximum atomic E-state index is 13.0. The Kier molecular flexibility index (Phi) is 11.5. The highest BCUT2D eigenvalue weighted by Crippen LogP contribution is 2.26. The molecule has 1 aromatic heterocycles. The summed E-state index contributed by atoms with van der Waals surface area (Å²) in [5.41, 5.74) is 4.58. The number of piperazine rings is 1. The number of nitrogens with zero attached hydrogens (tertiary/aromatic N) is 6. The van der Waals surface area contributed by atoms with Gasteiger partial charge in [0.1, 0.15) is 6.07 Å². The predicted molar refractivity (Wildman–Crippen MR) is 149 cm³/mol. The van der Waals surface area contributed by atoms with Gasteiger partial charge in [-0.3, -0.25) is 24.9 Å². The van der Waals surface area contributed by atoms with Gasteiger partial charge in [0.25, 0.3) is 5.91 Å². The summed E-state index contributed by atoms with van der Waals surface area (Å²) in [6.07, 6.45) is 1.52. The number of rotatable bonds is 7. The molecule has 1 amide bonds. The van der Waals surface area contributed by atoms with E-state index >= 15 is 0 Å². The Bertz CT molecular complexity index is 1170. The van der Waals surface area contributed by atoms with Crippen LogP contribution < -0.4 is 10.4 Å². The standard InChI is InChI=1S/C23H30BrN7O.C4H6F2O/c1-23(2,3)16-31(21-19(24)14-26-20(13-25)27-21)28-22(32)18-7-5-17(6-8-18)15-30-11-9-29(4)10-12-30;1-3(7)4(2,5)6/h5-8,14H,9-12,15-16H2,1-4H3,(H,28,32);1-2H3. The number of Topliss-reactive ketones (excluding diaryl/α,β-unsaturated/α-hetero) is 1. The molecule has 0 aliphatic carbocycles. The smallest absolute Gasteiger partial charge is 0.302 e. The number of hydrazine groups is 1. The second-order valence-electron chi connectivity index (χ2n) is 10.8. The van der Waals surface area contributed by atoms with Crippen molar-refractivity contribution in [2.75, 3.05) is 44.8 Å². The fourth-order valence-electron chi connectivity index (χ4n) is 3.46. The van der Waals surface area contributed by atoms with Gasteiger partial charge in [0.2, 0.25) is 5.82 Å². The quantitative estimate of drug-likeness (QED) is 0.465. The number of amides is 1. The van der Waals surface area contributed by atoms with Gasteiger partial charge >= 0.3 is 5.92 Å². The summed E-state index contributed by atoms with van der Waals surface area (Å²) in [5, 5.41) is 10.9. The van der Waals surface area contributed by atoms with Crippen LogP contribution in [0, 0.1) is 16.7 Å². The lowest BCUT2D eigenvalue weighted by atomic mass is 9.97. The van der Waals surface area contributed by atoms with E-state index in [1.54, 1.807) is 5.01 Å². The highest BCUT2D eigenvalue weighted by atomic mass is 79.9. The van der Waals surface area contributed by atoms with Gasteiger partial charge < -0.3 is 4.90 Å². The van der Waals surface area contributed by atoms with E-state index in [1.807, 2.05) is 30.3 Å². The number of anilines is 1. The molecule has 1 saturated heterocycles. The lowest BCUT2D eigenvalue weighted by Crippen LogP contribution is -2.47. The van der Waals surface area contributed by atoms with E-state index in [9.17, 15) is 23.6 Å². The molecule has 9 nitrogen and oxygen atoms in total. The van der Waals surface area contributed by atoms with Gasteiger partial charge in [-0.05, 0) is 46.1 Å². The van der Waals surface area contributed by atoms with Crippen molar-refractivity contribution in [3.8, 4) is 6.07 Å². The largest absolute Gasteiger partial charge is 0.304 e. The number of benzene rings is 1. The molecule has 12 heteroatoms. The summed E-state index contributed by atoms with van der Waals surface area (Å²) >= 11 is 3.44. The van der Waals surface area contributed by atoms with Gasteiger partial charge in [0, 0.05) is 64.9 Å². The fourth-order valence-corrected chi connectivity index (χ4v) is 3.86. The van der Waals surface area contributed by atoms with Gasteiger partial charge in [0.05, 0.1) is 4.47 Å². The molecule has 0 spiro atoms. The average Bonchev–Trinajstić information content (AvgIpc) is 2.85. The first kappa shape index (κ1) is 32.2. The Morgan fingerprint density at radius 2 is 1.69 bits per heavy atom. The second kappa shape index (κ2) is 13.9. The highest BCUT2D eigenvalue weighted by Gasteiger charge is 2.27. The average molecular weight is 609 g/mol. The van der Waals surface area contributed by atoms with Crippen molar-refractivity contribution in [3.63, 3.8) is 0 Å². The highest BCUT2D eigenvalue weighted by molar-refractivity contribution is 9.10. The molecule has 1 aliphatic rings. The van der Waals surface area contributed by atoms with Crippen LogP contribution in [0.1, 0.15) is 56.4 Å². The Labute approximate surface area is 237 Å². The Hall–Kier alpha value is -3.01. The molecule has 2 heterocycles. The number of aromatic nitrogens is 2. The van der Waals surface area contributed by atoms with E-state index in [1.165, 1.54) is 11.8 Å². The zero-order valence-electron chi connectivity index (χ0n) is 23.3. The van der Waals surface area contributed by atoms with Crippen molar-refractivity contribution < 1.29 is 18.4 Å². The summed E-state index contributed by atoms with van der Waals surface area (Å²) in [5.74, 6) is -3.96. The SMILES string of the molecule is CC(=O)C(C)(F)F.CN1CCN(Cc2ccc(C(=O)NN(CC(C)(C)C)c3nc(C#N)ncc3Br)cc2)CC1. The summed E-state index contributed by atoms with van der Waals surface area (Å²) in [4.78, 5) is 35.8. The molecule has 39 heavy (non-hydrogen) atoms. The second-order valence-corrected chi connectivity index (χ2v) is 11.6. The topological polar surface area (TPSA) is 105 Å². The number of nitrogens with one attached hydrogen (secondary N) is 1. The van der Waals surface area contributed by atoms with Gasteiger partial charge in [-0.2, -0.15) is 19.0 Å². The third-order valence-corrected chi connectivity index (χ3v) is 6.35. The van der Waals surface area contributed by atoms with Crippen LogP contribution in [0.25, 0.3) is 0 Å². The van der Waals surface area contributed by atoms with Crippen LogP contribution in [0.3, 0.4) is 0 Å². The summed E-state index contributed by atoms with van der Waals surface area (Å²) < 4.78 is 23.6. The fraction of sp³-hybridized carbons (Fsp3) is 0.519. The van der Waals surface area contributed by atoms with E-state index in [-0.39, 0.29) is 17.1 Å². The first-order valence-corrected chi connectivity index (χ1v) is 13.3. The van der Waals surface area contributed by atoms with Crippen LogP contribution in [0.2, 0.25) is 0 Å². The molecule has 1 fully saturated rings. The van der Waals surface area contributed by atoms with Crippen LogP contribution >= 0.6 is 15.9 Å². The Balaban J connectivity index is 0.000000673. The van der Waals surface area contributed by atoms with Gasteiger partial charge in [-0.1, -0.05) is 32.9 Å². The van der Waals surface area contributed by atoms with E-state index in [0.717, 1.165) is 39.6 Å². The number of nitriles is 1. The van der Waals surface area contributed by atoms with Crippen molar-refractivity contribution in [3.05, 3.63) is 51.9 Å². The van der Waals surface area contributed by atoms with E-state index < -0.39 is 11.7 Å². The number of hydrogen-bond acceptors (Lipinski definition) is 8. The molecule has 0 saturated carbocycles. The number of ketones is 1. The number of alkyl halides is 2. The molecule has 1 aliphatic heterocycles. The zero-order valence-corrected chi connectivity index (χ0v) is 24.8. The third kappa shape index (κ3) is 10.9. The number of carbonyl (C=O) groups is 2. The number of likely N-dealkylation sites (N-methyl/N-ethyl adjacent to an activating group) is 1. The minimum Gasteiger partial charge on any atom is -0.304 e. The molecule has 0 unspecified atom stereocenters. The van der Waals surface area contributed by atoms with E-state index in [2.05, 4.69) is 68.9 Å². The Morgan fingerprint density at radius 1 is 1.13 bits per heavy atom. The third-order valence-electron chi connectivity index (χ3n) is 5.79. The van der Waals surface area contributed by atoms with Crippen molar-refractivity contribution in [2.45, 2.75) is 47.1 Å². The first-order chi connectivity index (χ1) is 18.1. The molecule has 0 radical (unpaired) electrons. The number of hydrogen-bond donors (Lipinski definition) is 1. The molecule has 0 atom stereocenters. The summed E-state index contributed by atoms with van der Waals surface area (Å²) in [7, 11) is 2.15. The van der Waals surface area contributed by atoms with Crippen molar-refractivity contribution in [1.29, 1.82) is 5.26 Å². The van der Waals surface area contributed by atoms with Gasteiger partial charge in [-0.25, -0.2) is 4.98 Å². The maximum absolute atomic E-state index is 13.0. The molecule has 2 aromatic rings. The Morgan fingerprint density at radius 3 is 2.18 bits per heavy atom. The van der Waals surface area contributed by atoms with E-state index in [0.29, 0.717) is 29.3 Å². The van der Waals surface area contributed by atoms with Crippen molar-refractivity contribution in [1.82, 2.24) is 25.2 Å². The van der Waals surface area contributed by atoms with Gasteiger partial charge in [0.15, 0.2) is 11.6 Å². The zero-order chi connectivity index (χ0) is 29.4. The summed E-state index contributed by atoms with van der Waals surface area (Å²) in [6.45, 7) is 13.3. The van der Waals surface area contributed by atoms with Crippen LogP contribution in [-0.4, -0.2) is 77.2 Å². The predicted octanol–water partition coefficient (Wildman–Crippen LogP) is 4.29. The van der Waals surface area contributed by atoms with Crippen LogP contribution in [0.4, 0.5) is 14.6 Å². The van der Waals surface area contributed by atoms with Crippen LogP contribution in [-0.2, 0) is 11.3 Å². The molecular weight excluding hydrogens is 572 g/mol. The molecule has 0 bridgehead atoms. The lowest BCUT2D eigenvalue weighted by Gasteiger charge is -2.32. The van der Waals surface area contributed by atoms with Crippen molar-refractivity contribution in [2.24, 2.45) is 5.41 Å². The summed E-state index contributed by atoms with van der Waals surface area (Å²) in [6, 6.07) is 9.68. The molecular formula is C27H36BrF2N7O2. The number of halogens is 3. The minimum atomic E-state index is -3.14. The first-order valence-electron chi connectivity index (χ1n) is 12.5. The molecule has 1 aromatic carbocycles. The van der Waals surface area contributed by atoms with Gasteiger partial charge in [-0.15, -0.1) is 0 Å². The minimum absolute atomic E-state index is 0.0459. The molecule has 3 rings (SSSR count). The lowest BCUT2D eigenvalue weighted by molar-refractivity contribution is -0.138.